The second kappa shape index (κ2) is 8.19. The molecule has 132 valence electrons. The Morgan fingerprint density at radius 2 is 1.59 bits per heavy atom. The van der Waals surface area contributed by atoms with Crippen LogP contribution in [-0.4, -0.2) is 6.21 Å². The van der Waals surface area contributed by atoms with Crippen molar-refractivity contribution in [2.24, 2.45) is 4.99 Å². The van der Waals surface area contributed by atoms with Crippen LogP contribution in [0.3, 0.4) is 0 Å². The molecular formula is C24H18BrNO. The van der Waals surface area contributed by atoms with Gasteiger partial charge in [-0.2, -0.15) is 0 Å². The molecule has 0 aromatic heterocycles. The Morgan fingerprint density at radius 1 is 0.815 bits per heavy atom. The van der Waals surface area contributed by atoms with Crippen LogP contribution >= 0.6 is 15.9 Å². The standard InChI is InChI=1S/C24H18BrNO/c25-21-13-14-24(20(15-21)16-26-22-10-2-1-3-11-22)27-17-19-9-6-8-18-7-4-5-12-23(18)19/h1-16H,17H2. The maximum absolute atomic E-state index is 6.16. The van der Waals surface area contributed by atoms with Gasteiger partial charge in [0.1, 0.15) is 12.4 Å². The van der Waals surface area contributed by atoms with E-state index in [-0.39, 0.29) is 0 Å². The van der Waals surface area contributed by atoms with E-state index in [9.17, 15) is 0 Å². The molecule has 0 heterocycles. The van der Waals surface area contributed by atoms with Crippen LogP contribution in [0.25, 0.3) is 10.8 Å². The minimum Gasteiger partial charge on any atom is -0.488 e. The topological polar surface area (TPSA) is 21.6 Å². The first-order valence-corrected chi connectivity index (χ1v) is 9.57. The Hall–Kier alpha value is -2.91. The summed E-state index contributed by atoms with van der Waals surface area (Å²) < 4.78 is 7.16. The van der Waals surface area contributed by atoms with E-state index in [4.69, 9.17) is 4.74 Å². The highest BCUT2D eigenvalue weighted by atomic mass is 79.9. The molecule has 0 aliphatic carbocycles. The van der Waals surface area contributed by atoms with Crippen molar-refractivity contribution in [3.05, 3.63) is 107 Å². The number of hydrogen-bond donors (Lipinski definition) is 0. The van der Waals surface area contributed by atoms with Gasteiger partial charge < -0.3 is 4.74 Å². The third-order valence-corrected chi connectivity index (χ3v) is 4.84. The van der Waals surface area contributed by atoms with Crippen LogP contribution in [0.5, 0.6) is 5.75 Å². The molecule has 0 amide bonds. The molecule has 0 atom stereocenters. The number of aliphatic imine (C=N–C) groups is 1. The molecule has 0 spiro atoms. The molecule has 0 N–H and O–H groups in total. The lowest BCUT2D eigenvalue weighted by molar-refractivity contribution is 0.307. The first-order chi connectivity index (χ1) is 13.3. The highest BCUT2D eigenvalue weighted by Crippen LogP contribution is 2.25. The Kier molecular flexibility index (Phi) is 5.31. The first kappa shape index (κ1) is 17.5. The second-order valence-electron chi connectivity index (χ2n) is 6.20. The Bertz CT molecular complexity index is 1080. The minimum absolute atomic E-state index is 0.509. The Morgan fingerprint density at radius 3 is 2.48 bits per heavy atom. The van der Waals surface area contributed by atoms with Crippen LogP contribution in [0.15, 0.2) is 100 Å². The molecule has 0 saturated carbocycles. The fraction of sp³-hybridized carbons (Fsp3) is 0.0417. The van der Waals surface area contributed by atoms with Gasteiger partial charge in [-0.15, -0.1) is 0 Å². The lowest BCUT2D eigenvalue weighted by atomic mass is 10.1. The summed E-state index contributed by atoms with van der Waals surface area (Å²) >= 11 is 3.53. The number of ether oxygens (including phenoxy) is 1. The van der Waals surface area contributed by atoms with Gasteiger partial charge in [0.15, 0.2) is 0 Å². The minimum atomic E-state index is 0.509. The number of hydrogen-bond acceptors (Lipinski definition) is 2. The fourth-order valence-electron chi connectivity index (χ4n) is 2.98. The molecule has 0 aliphatic heterocycles. The largest absolute Gasteiger partial charge is 0.488 e. The van der Waals surface area contributed by atoms with Crippen molar-refractivity contribution in [1.29, 1.82) is 0 Å². The molecule has 4 rings (SSSR count). The van der Waals surface area contributed by atoms with Crippen molar-refractivity contribution in [1.82, 2.24) is 0 Å². The summed E-state index contributed by atoms with van der Waals surface area (Å²) in [7, 11) is 0. The average Bonchev–Trinajstić information content (AvgIpc) is 2.72. The van der Waals surface area contributed by atoms with E-state index in [2.05, 4.69) is 63.4 Å². The van der Waals surface area contributed by atoms with Crippen molar-refractivity contribution in [2.75, 3.05) is 0 Å². The highest BCUT2D eigenvalue weighted by Gasteiger charge is 2.06. The van der Waals surface area contributed by atoms with Gasteiger partial charge in [-0.1, -0.05) is 76.6 Å². The van der Waals surface area contributed by atoms with Gasteiger partial charge in [0.05, 0.1) is 5.69 Å². The van der Waals surface area contributed by atoms with Gasteiger partial charge in [-0.25, -0.2) is 0 Å². The molecular weight excluding hydrogens is 398 g/mol. The van der Waals surface area contributed by atoms with E-state index in [1.165, 1.54) is 16.3 Å². The number of fused-ring (bicyclic) bond motifs is 1. The predicted octanol–water partition coefficient (Wildman–Crippen LogP) is 6.93. The van der Waals surface area contributed by atoms with E-state index >= 15 is 0 Å². The van der Waals surface area contributed by atoms with Gasteiger partial charge in [0.2, 0.25) is 0 Å². The zero-order chi connectivity index (χ0) is 18.5. The van der Waals surface area contributed by atoms with Crippen LogP contribution in [0.1, 0.15) is 11.1 Å². The summed E-state index contributed by atoms with van der Waals surface area (Å²) in [6.45, 7) is 0.509. The van der Waals surface area contributed by atoms with E-state index in [1.807, 2.05) is 54.7 Å². The molecule has 0 fully saturated rings. The SMILES string of the molecule is Brc1ccc(OCc2cccc3ccccc23)c(C=Nc2ccccc2)c1. The van der Waals surface area contributed by atoms with Crippen molar-refractivity contribution >= 4 is 38.6 Å². The fourth-order valence-corrected chi connectivity index (χ4v) is 3.36. The number of nitrogens with zero attached hydrogens (tertiary/aromatic N) is 1. The number of benzene rings is 4. The summed E-state index contributed by atoms with van der Waals surface area (Å²) in [6, 6.07) is 30.5. The maximum Gasteiger partial charge on any atom is 0.128 e. The molecule has 0 radical (unpaired) electrons. The monoisotopic (exact) mass is 415 g/mol. The number of para-hydroxylation sites is 1. The lowest BCUT2D eigenvalue weighted by Crippen LogP contribution is -1.99. The Labute approximate surface area is 167 Å². The van der Waals surface area contributed by atoms with Gasteiger partial charge in [-0.05, 0) is 46.7 Å². The van der Waals surface area contributed by atoms with Gasteiger partial charge in [-0.3, -0.25) is 4.99 Å². The zero-order valence-corrected chi connectivity index (χ0v) is 16.3. The normalized spacial score (nSPS) is 11.1. The first-order valence-electron chi connectivity index (χ1n) is 8.78. The van der Waals surface area contributed by atoms with Crippen LogP contribution in [0, 0.1) is 0 Å². The van der Waals surface area contributed by atoms with Crippen LogP contribution in [0.4, 0.5) is 5.69 Å². The highest BCUT2D eigenvalue weighted by molar-refractivity contribution is 9.10. The average molecular weight is 416 g/mol. The molecule has 0 saturated heterocycles. The summed E-state index contributed by atoms with van der Waals surface area (Å²) in [6.07, 6.45) is 1.85. The molecule has 4 aromatic carbocycles. The number of halogens is 1. The molecule has 2 nitrogen and oxygen atoms in total. The van der Waals surface area contributed by atoms with E-state index in [0.717, 1.165) is 21.5 Å². The predicted molar refractivity (Wildman–Crippen MR) is 116 cm³/mol. The van der Waals surface area contributed by atoms with E-state index in [0.29, 0.717) is 6.61 Å². The Balaban J connectivity index is 1.59. The lowest BCUT2D eigenvalue weighted by Gasteiger charge is -2.11. The van der Waals surface area contributed by atoms with Crippen LogP contribution < -0.4 is 4.74 Å². The van der Waals surface area contributed by atoms with Crippen molar-refractivity contribution in [2.45, 2.75) is 6.61 Å². The van der Waals surface area contributed by atoms with Gasteiger partial charge in [0.25, 0.3) is 0 Å². The summed E-state index contributed by atoms with van der Waals surface area (Å²) in [5.74, 6) is 0.811. The third kappa shape index (κ3) is 4.26. The molecule has 0 bridgehead atoms. The maximum atomic E-state index is 6.16. The summed E-state index contributed by atoms with van der Waals surface area (Å²) in [4.78, 5) is 4.56. The second-order valence-corrected chi connectivity index (χ2v) is 7.12. The third-order valence-electron chi connectivity index (χ3n) is 4.34. The molecule has 3 heteroatoms. The smallest absolute Gasteiger partial charge is 0.128 e. The van der Waals surface area contributed by atoms with Gasteiger partial charge in [0, 0.05) is 16.3 Å². The molecule has 0 unspecified atom stereocenters. The van der Waals surface area contributed by atoms with Crippen molar-refractivity contribution in [3.8, 4) is 5.75 Å². The quantitative estimate of drug-likeness (QED) is 0.323. The molecule has 0 aliphatic rings. The van der Waals surface area contributed by atoms with Crippen molar-refractivity contribution in [3.63, 3.8) is 0 Å². The number of rotatable bonds is 5. The van der Waals surface area contributed by atoms with E-state index in [1.54, 1.807) is 0 Å². The zero-order valence-electron chi connectivity index (χ0n) is 14.7. The molecule has 27 heavy (non-hydrogen) atoms. The van der Waals surface area contributed by atoms with E-state index < -0.39 is 0 Å². The molecule has 4 aromatic rings. The van der Waals surface area contributed by atoms with Crippen molar-refractivity contribution < 1.29 is 4.74 Å². The summed E-state index contributed by atoms with van der Waals surface area (Å²) in [5.41, 5.74) is 3.02. The van der Waals surface area contributed by atoms with Crippen LogP contribution in [-0.2, 0) is 6.61 Å². The summed E-state index contributed by atoms with van der Waals surface area (Å²) in [5, 5.41) is 2.44. The van der Waals surface area contributed by atoms with Gasteiger partial charge >= 0.3 is 0 Å². The van der Waals surface area contributed by atoms with Crippen LogP contribution in [0.2, 0.25) is 0 Å².